The molecule has 196 valence electrons. The van der Waals surface area contributed by atoms with E-state index in [-0.39, 0.29) is 16.9 Å². The number of ether oxygens (including phenoxy) is 2. The largest absolute Gasteiger partial charge is 0.453 e. The molecule has 0 N–H and O–H groups in total. The number of carbonyl (C=O) groups is 1. The van der Waals surface area contributed by atoms with Gasteiger partial charge in [0, 0.05) is 12.1 Å². The van der Waals surface area contributed by atoms with E-state index < -0.39 is 34.7 Å². The average molecular weight is 571 g/mol. The predicted molar refractivity (Wildman–Crippen MR) is 143 cm³/mol. The van der Waals surface area contributed by atoms with Gasteiger partial charge in [-0.2, -0.15) is 13.2 Å². The van der Waals surface area contributed by atoms with Crippen molar-refractivity contribution in [1.29, 1.82) is 0 Å². The lowest BCUT2D eigenvalue weighted by atomic mass is 10.1. The minimum absolute atomic E-state index is 0.0326. The molecule has 5 aromatic rings. The highest BCUT2D eigenvalue weighted by Gasteiger charge is 2.40. The number of benzene rings is 4. The Hall–Kier alpha value is -4.27. The van der Waals surface area contributed by atoms with Gasteiger partial charge in [0.1, 0.15) is 17.1 Å². The van der Waals surface area contributed by atoms with Gasteiger partial charge in [-0.25, -0.2) is 4.79 Å². The first-order valence-corrected chi connectivity index (χ1v) is 12.0. The van der Waals surface area contributed by atoms with E-state index in [0.29, 0.717) is 21.0 Å². The summed E-state index contributed by atoms with van der Waals surface area (Å²) in [7, 11) is 0. The van der Waals surface area contributed by atoms with Gasteiger partial charge in [-0.1, -0.05) is 59.6 Å². The van der Waals surface area contributed by atoms with Crippen LogP contribution in [0.25, 0.3) is 27.8 Å². The smallest absolute Gasteiger partial charge is 0.449 e. The summed E-state index contributed by atoms with van der Waals surface area (Å²) in [6, 6.07) is 20.0. The van der Waals surface area contributed by atoms with Crippen LogP contribution in [0, 0.1) is 0 Å². The van der Waals surface area contributed by atoms with Crippen molar-refractivity contribution in [3.05, 3.63) is 117 Å². The molecule has 0 aliphatic heterocycles. The molecule has 5 rings (SSSR count). The zero-order valence-corrected chi connectivity index (χ0v) is 21.1. The van der Waals surface area contributed by atoms with Crippen LogP contribution in [0.3, 0.4) is 0 Å². The first-order chi connectivity index (χ1) is 18.6. The Balaban J connectivity index is 1.46. The Bertz CT molecular complexity index is 1830. The lowest BCUT2D eigenvalue weighted by Gasteiger charge is -2.14. The van der Waals surface area contributed by atoms with Crippen molar-refractivity contribution in [1.82, 2.24) is 0 Å². The van der Waals surface area contributed by atoms with Gasteiger partial charge < -0.3 is 13.9 Å². The molecule has 0 amide bonds. The van der Waals surface area contributed by atoms with Crippen LogP contribution in [0.1, 0.15) is 11.3 Å². The van der Waals surface area contributed by atoms with E-state index in [1.165, 1.54) is 36.4 Å². The Morgan fingerprint density at radius 2 is 1.59 bits per heavy atom. The Labute approximate surface area is 228 Å². The fourth-order valence-corrected chi connectivity index (χ4v) is 4.08. The summed E-state index contributed by atoms with van der Waals surface area (Å²) >= 11 is 11.8. The average Bonchev–Trinajstić information content (AvgIpc) is 2.90. The van der Waals surface area contributed by atoms with Gasteiger partial charge in [0.2, 0.25) is 11.2 Å². The van der Waals surface area contributed by atoms with Crippen molar-refractivity contribution in [2.24, 2.45) is 0 Å². The van der Waals surface area contributed by atoms with E-state index in [2.05, 4.69) is 0 Å². The highest BCUT2D eigenvalue weighted by Crippen LogP contribution is 2.39. The zero-order chi connectivity index (χ0) is 27.7. The van der Waals surface area contributed by atoms with Gasteiger partial charge in [-0.05, 0) is 58.8 Å². The molecule has 0 aliphatic rings. The summed E-state index contributed by atoms with van der Waals surface area (Å²) in [6.45, 7) is 0. The van der Waals surface area contributed by atoms with Crippen LogP contribution in [-0.2, 0) is 11.0 Å². The molecule has 0 radical (unpaired) electrons. The molecule has 39 heavy (non-hydrogen) atoms. The van der Waals surface area contributed by atoms with Crippen molar-refractivity contribution in [2.45, 2.75) is 6.18 Å². The van der Waals surface area contributed by atoms with Gasteiger partial charge in [0.05, 0.1) is 15.4 Å². The van der Waals surface area contributed by atoms with Crippen LogP contribution < -0.4 is 14.9 Å². The molecule has 0 atom stereocenters. The summed E-state index contributed by atoms with van der Waals surface area (Å²) in [5, 5.41) is 2.01. The third kappa shape index (κ3) is 5.77. The maximum atomic E-state index is 13.9. The lowest BCUT2D eigenvalue weighted by Crippen LogP contribution is -2.15. The lowest BCUT2D eigenvalue weighted by molar-refractivity contribution is -0.154. The van der Waals surface area contributed by atoms with E-state index >= 15 is 0 Å². The molecule has 0 saturated heterocycles. The first kappa shape index (κ1) is 26.3. The van der Waals surface area contributed by atoms with Gasteiger partial charge in [-0.3, -0.25) is 4.79 Å². The summed E-state index contributed by atoms with van der Waals surface area (Å²) in [5.41, 5.74) is -0.898. The third-order valence-corrected chi connectivity index (χ3v) is 6.33. The van der Waals surface area contributed by atoms with Crippen molar-refractivity contribution in [3.8, 4) is 17.2 Å². The highest BCUT2D eigenvalue weighted by molar-refractivity contribution is 6.42. The fraction of sp³-hybridized carbons (Fsp3) is 0.0345. The minimum atomic E-state index is -5.05. The highest BCUT2D eigenvalue weighted by atomic mass is 35.5. The molecule has 0 unspecified atom stereocenters. The summed E-state index contributed by atoms with van der Waals surface area (Å²) in [5.74, 6) is -3.54. The molecular weight excluding hydrogens is 556 g/mol. The topological polar surface area (TPSA) is 65.7 Å². The number of halogens is 5. The molecule has 0 aliphatic carbocycles. The molecular formula is C29H15Cl2F3O5. The predicted octanol–water partition coefficient (Wildman–Crippen LogP) is 8.68. The maximum absolute atomic E-state index is 13.9. The number of hydrogen-bond acceptors (Lipinski definition) is 5. The van der Waals surface area contributed by atoms with Crippen LogP contribution in [0.4, 0.5) is 13.2 Å². The molecule has 0 saturated carbocycles. The first-order valence-electron chi connectivity index (χ1n) is 11.3. The van der Waals surface area contributed by atoms with Crippen LogP contribution in [0.2, 0.25) is 10.0 Å². The molecule has 1 heterocycles. The molecule has 0 spiro atoms. The molecule has 1 aromatic heterocycles. The zero-order valence-electron chi connectivity index (χ0n) is 19.6. The van der Waals surface area contributed by atoms with Crippen LogP contribution >= 0.6 is 23.2 Å². The van der Waals surface area contributed by atoms with Crippen LogP contribution in [0.15, 0.2) is 94.2 Å². The third-order valence-electron chi connectivity index (χ3n) is 5.59. The van der Waals surface area contributed by atoms with Gasteiger partial charge in [0.25, 0.3) is 5.76 Å². The monoisotopic (exact) mass is 570 g/mol. The molecule has 10 heteroatoms. The Morgan fingerprint density at radius 3 is 2.33 bits per heavy atom. The van der Waals surface area contributed by atoms with Gasteiger partial charge >= 0.3 is 12.1 Å². The summed E-state index contributed by atoms with van der Waals surface area (Å²) < 4.78 is 57.4. The second kappa shape index (κ2) is 10.5. The number of hydrogen-bond donors (Lipinski definition) is 0. The van der Waals surface area contributed by atoms with Crippen molar-refractivity contribution >= 4 is 57.0 Å². The van der Waals surface area contributed by atoms with Crippen molar-refractivity contribution < 1.29 is 31.9 Å². The summed E-state index contributed by atoms with van der Waals surface area (Å²) in [4.78, 5) is 25.3. The molecule has 5 nitrogen and oxygen atoms in total. The Kier molecular flexibility index (Phi) is 7.08. The normalized spacial score (nSPS) is 11.8. The molecule has 0 bridgehead atoms. The summed E-state index contributed by atoms with van der Waals surface area (Å²) in [6.07, 6.45) is -2.53. The number of fused-ring (bicyclic) bond motifs is 2. The van der Waals surface area contributed by atoms with E-state index in [1.54, 1.807) is 30.3 Å². The van der Waals surface area contributed by atoms with Crippen LogP contribution in [0.5, 0.6) is 17.2 Å². The SMILES string of the molecule is O=C(/C=C/c1ccc(Cl)c(Cl)c1)Oc1ccc2c(=O)c(Oc3ccc4ccccc4c3)c(C(F)(F)F)oc2c1. The van der Waals surface area contributed by atoms with Crippen molar-refractivity contribution in [3.63, 3.8) is 0 Å². The second-order valence-corrected chi connectivity index (χ2v) is 9.10. The van der Waals surface area contributed by atoms with E-state index in [9.17, 15) is 22.8 Å². The van der Waals surface area contributed by atoms with Crippen molar-refractivity contribution in [2.75, 3.05) is 0 Å². The maximum Gasteiger partial charge on any atom is 0.453 e. The quantitative estimate of drug-likeness (QED) is 0.120. The minimum Gasteiger partial charge on any atom is -0.449 e. The number of alkyl halides is 3. The Morgan fingerprint density at radius 1 is 0.846 bits per heavy atom. The van der Waals surface area contributed by atoms with E-state index in [0.717, 1.165) is 17.5 Å². The number of esters is 1. The fourth-order valence-electron chi connectivity index (χ4n) is 3.78. The van der Waals surface area contributed by atoms with Gasteiger partial charge in [-0.15, -0.1) is 0 Å². The van der Waals surface area contributed by atoms with E-state index in [1.807, 2.05) is 12.1 Å². The number of carbonyl (C=O) groups excluding carboxylic acids is 1. The van der Waals surface area contributed by atoms with E-state index in [4.69, 9.17) is 37.1 Å². The van der Waals surface area contributed by atoms with Gasteiger partial charge in [0.15, 0.2) is 0 Å². The molecule has 4 aromatic carbocycles. The number of rotatable bonds is 5. The van der Waals surface area contributed by atoms with Crippen LogP contribution in [-0.4, -0.2) is 5.97 Å². The second-order valence-electron chi connectivity index (χ2n) is 8.28. The standard InChI is InChI=1S/C29H15Cl2F3O5/c30-22-11-5-16(13-23(22)31)6-12-25(35)37-20-9-10-21-24(15-20)39-28(29(32,33)34)27(26(21)36)38-19-8-7-17-3-1-2-4-18(17)14-19/h1-15H/b12-6+. The molecule has 0 fully saturated rings.